The smallest absolute Gasteiger partial charge is 0.178 e. The maximum Gasteiger partial charge on any atom is 0.178 e. The minimum Gasteiger partial charge on any atom is -0.396 e. The number of nitrogens with one attached hydrogen (secondary N) is 1. The maximum absolute atomic E-state index is 8.11. The Balaban J connectivity index is 1.76. The monoisotopic (exact) mass is 307 g/mol. The van der Waals surface area contributed by atoms with Crippen LogP contribution in [0, 0.1) is 5.41 Å². The number of hydrogen-bond donors (Lipinski definition) is 2. The first-order valence-corrected chi connectivity index (χ1v) is 7.63. The van der Waals surface area contributed by atoms with E-state index in [2.05, 4.69) is 20.0 Å². The number of nitrogens with two attached hydrogens (primary N) is 1. The summed E-state index contributed by atoms with van der Waals surface area (Å²) in [6.45, 7) is 1.86. The number of likely N-dealkylation sites (tertiary alicyclic amines) is 1. The van der Waals surface area contributed by atoms with Crippen LogP contribution in [0.2, 0.25) is 0 Å². The van der Waals surface area contributed by atoms with Crippen LogP contribution in [0.4, 0.5) is 5.69 Å². The average Bonchev–Trinajstić information content (AvgIpc) is 3.20. The fraction of sp³-hybridized carbons (Fsp3) is 0.250. The van der Waals surface area contributed by atoms with Crippen LogP contribution in [0.1, 0.15) is 12.8 Å². The molecule has 7 nitrogen and oxygen atoms in total. The molecule has 23 heavy (non-hydrogen) atoms. The minimum atomic E-state index is 0.350. The molecular formula is C16H17N7. The van der Waals surface area contributed by atoms with Gasteiger partial charge in [0, 0.05) is 19.3 Å². The van der Waals surface area contributed by atoms with Crippen molar-refractivity contribution in [3.63, 3.8) is 0 Å². The molecule has 0 amide bonds. The largest absolute Gasteiger partial charge is 0.396 e. The van der Waals surface area contributed by atoms with Crippen LogP contribution in [0.5, 0.6) is 0 Å². The number of aromatic nitrogens is 2. The van der Waals surface area contributed by atoms with Gasteiger partial charge in [-0.2, -0.15) is 5.10 Å². The Morgan fingerprint density at radius 1 is 1.22 bits per heavy atom. The zero-order chi connectivity index (χ0) is 15.8. The molecule has 0 aliphatic carbocycles. The standard InChI is InChI=1S/C16H17N7/c17-11-9-12(18)16(22-6-3-4-7-22)21-15(11)20-13-10-19-23-8-2-1-5-14(13)23/h1-2,5,8-10,18H,3-4,6-7,17H2/b18-12?,20-15+. The zero-order valence-electron chi connectivity index (χ0n) is 12.6. The Bertz CT molecular complexity index is 865. The Labute approximate surface area is 133 Å². The fourth-order valence-corrected chi connectivity index (χ4v) is 2.89. The van der Waals surface area contributed by atoms with Gasteiger partial charge in [0.1, 0.15) is 5.69 Å². The molecule has 0 bridgehead atoms. The first kappa shape index (κ1) is 13.7. The molecule has 1 saturated heterocycles. The molecule has 2 aromatic rings. The first-order chi connectivity index (χ1) is 11.2. The molecule has 0 atom stereocenters. The highest BCUT2D eigenvalue weighted by Gasteiger charge is 2.24. The van der Waals surface area contributed by atoms with E-state index in [0.717, 1.165) is 37.1 Å². The van der Waals surface area contributed by atoms with E-state index in [0.29, 0.717) is 23.1 Å². The van der Waals surface area contributed by atoms with Gasteiger partial charge >= 0.3 is 0 Å². The van der Waals surface area contributed by atoms with Crippen LogP contribution in [-0.4, -0.2) is 45.0 Å². The van der Waals surface area contributed by atoms with Crippen molar-refractivity contribution < 1.29 is 0 Å². The van der Waals surface area contributed by atoms with Gasteiger partial charge in [0.25, 0.3) is 0 Å². The van der Waals surface area contributed by atoms with Crippen molar-refractivity contribution in [2.24, 2.45) is 15.7 Å². The number of amidine groups is 2. The van der Waals surface area contributed by atoms with E-state index in [4.69, 9.17) is 11.1 Å². The third kappa shape index (κ3) is 2.40. The average molecular weight is 307 g/mol. The van der Waals surface area contributed by atoms with Crippen LogP contribution in [-0.2, 0) is 0 Å². The molecular weight excluding hydrogens is 290 g/mol. The Morgan fingerprint density at radius 3 is 2.87 bits per heavy atom. The summed E-state index contributed by atoms with van der Waals surface area (Å²) >= 11 is 0. The van der Waals surface area contributed by atoms with Crippen molar-refractivity contribution in [2.45, 2.75) is 12.8 Å². The normalized spacial score (nSPS) is 20.3. The Kier molecular flexibility index (Phi) is 3.18. The quantitative estimate of drug-likeness (QED) is 0.840. The van der Waals surface area contributed by atoms with Crippen molar-refractivity contribution in [2.75, 3.05) is 13.1 Å². The third-order valence-corrected chi connectivity index (χ3v) is 4.05. The lowest BCUT2D eigenvalue weighted by atomic mass is 10.2. The second-order valence-corrected chi connectivity index (χ2v) is 5.64. The van der Waals surface area contributed by atoms with Gasteiger partial charge in [-0.25, -0.2) is 14.5 Å². The van der Waals surface area contributed by atoms with Gasteiger partial charge in [0.05, 0.1) is 23.1 Å². The van der Waals surface area contributed by atoms with Crippen molar-refractivity contribution in [1.29, 1.82) is 5.41 Å². The highest BCUT2D eigenvalue weighted by molar-refractivity contribution is 6.48. The van der Waals surface area contributed by atoms with Crippen LogP contribution in [0.25, 0.3) is 5.52 Å². The van der Waals surface area contributed by atoms with E-state index >= 15 is 0 Å². The predicted octanol–water partition coefficient (Wildman–Crippen LogP) is 1.73. The van der Waals surface area contributed by atoms with E-state index in [1.54, 1.807) is 16.8 Å². The summed E-state index contributed by atoms with van der Waals surface area (Å²) in [5.41, 5.74) is 8.40. The first-order valence-electron chi connectivity index (χ1n) is 7.63. The number of pyridine rings is 1. The molecule has 2 aliphatic heterocycles. The van der Waals surface area contributed by atoms with E-state index in [1.807, 2.05) is 24.4 Å². The molecule has 3 N–H and O–H groups in total. The summed E-state index contributed by atoms with van der Waals surface area (Å²) in [5, 5.41) is 12.4. The molecule has 0 saturated carbocycles. The summed E-state index contributed by atoms with van der Waals surface area (Å²) in [7, 11) is 0. The summed E-state index contributed by atoms with van der Waals surface area (Å²) in [5.74, 6) is 1.11. The van der Waals surface area contributed by atoms with Gasteiger partial charge < -0.3 is 10.6 Å². The van der Waals surface area contributed by atoms with Crippen molar-refractivity contribution >= 4 is 28.6 Å². The number of rotatable bonds is 1. The number of nitrogens with zero attached hydrogens (tertiary/aromatic N) is 5. The number of dihydropyridines is 1. The third-order valence-electron chi connectivity index (χ3n) is 4.05. The fourth-order valence-electron chi connectivity index (χ4n) is 2.89. The molecule has 0 spiro atoms. The molecule has 0 aromatic carbocycles. The summed E-state index contributed by atoms with van der Waals surface area (Å²) in [4.78, 5) is 11.2. The lowest BCUT2D eigenvalue weighted by Gasteiger charge is -2.22. The van der Waals surface area contributed by atoms with E-state index < -0.39 is 0 Å². The minimum absolute atomic E-state index is 0.350. The molecule has 116 valence electrons. The van der Waals surface area contributed by atoms with Crippen molar-refractivity contribution in [3.05, 3.63) is 42.4 Å². The van der Waals surface area contributed by atoms with Gasteiger partial charge in [0.2, 0.25) is 0 Å². The van der Waals surface area contributed by atoms with Gasteiger partial charge in [0.15, 0.2) is 11.7 Å². The van der Waals surface area contributed by atoms with Gasteiger partial charge in [-0.05, 0) is 31.1 Å². The summed E-state index contributed by atoms with van der Waals surface area (Å²) in [6, 6.07) is 5.80. The van der Waals surface area contributed by atoms with Gasteiger partial charge in [-0.3, -0.25) is 5.41 Å². The summed E-state index contributed by atoms with van der Waals surface area (Å²) < 4.78 is 1.76. The maximum atomic E-state index is 8.11. The van der Waals surface area contributed by atoms with Crippen LogP contribution < -0.4 is 5.73 Å². The lowest BCUT2D eigenvalue weighted by molar-refractivity contribution is 0.526. The molecule has 4 rings (SSSR count). The molecule has 0 unspecified atom stereocenters. The lowest BCUT2D eigenvalue weighted by Crippen LogP contribution is -2.37. The molecule has 0 radical (unpaired) electrons. The second kappa shape index (κ2) is 5.35. The van der Waals surface area contributed by atoms with Crippen LogP contribution in [0.3, 0.4) is 0 Å². The van der Waals surface area contributed by atoms with Crippen LogP contribution in [0.15, 0.2) is 52.4 Å². The van der Waals surface area contributed by atoms with Crippen LogP contribution >= 0.6 is 0 Å². The Morgan fingerprint density at radius 2 is 2.04 bits per heavy atom. The highest BCUT2D eigenvalue weighted by Crippen LogP contribution is 2.22. The molecule has 4 heterocycles. The van der Waals surface area contributed by atoms with Gasteiger partial charge in [-0.1, -0.05) is 6.07 Å². The van der Waals surface area contributed by atoms with Crippen molar-refractivity contribution in [3.8, 4) is 0 Å². The van der Waals surface area contributed by atoms with Gasteiger partial charge in [-0.15, -0.1) is 0 Å². The number of hydrogen-bond acceptors (Lipinski definition) is 5. The van der Waals surface area contributed by atoms with E-state index in [9.17, 15) is 0 Å². The summed E-state index contributed by atoms with van der Waals surface area (Å²) in [6.07, 6.45) is 7.46. The number of fused-ring (bicyclic) bond motifs is 1. The SMILES string of the molecule is N=C1C=C(N)/C(=N\c2cnn3ccccc23)N=C1N1CCCC1. The second-order valence-electron chi connectivity index (χ2n) is 5.64. The predicted molar refractivity (Wildman–Crippen MR) is 90.5 cm³/mol. The molecule has 2 aliphatic rings. The topological polar surface area (TPSA) is 95.1 Å². The van der Waals surface area contributed by atoms with Crippen molar-refractivity contribution in [1.82, 2.24) is 14.5 Å². The van der Waals surface area contributed by atoms with E-state index in [-0.39, 0.29) is 0 Å². The highest BCUT2D eigenvalue weighted by atomic mass is 15.2. The number of aliphatic imine (C=N–C) groups is 2. The molecule has 2 aromatic heterocycles. The zero-order valence-corrected chi connectivity index (χ0v) is 12.6. The molecule has 7 heteroatoms. The molecule has 1 fully saturated rings. The Hall–Kier alpha value is -2.96. The van der Waals surface area contributed by atoms with E-state index in [1.165, 1.54) is 0 Å².